The standard InChI is InChI=1S/C8H7BrF2N2O3/c1-16-6-2-5(7(10)11)12-8(13(14)15)4(6)3-9/h2,7H,3H2,1H3. The van der Waals surface area contributed by atoms with Crippen molar-refractivity contribution in [3.63, 3.8) is 0 Å². The molecule has 1 rings (SSSR count). The number of aromatic nitrogens is 1. The Kier molecular flexibility index (Phi) is 4.11. The van der Waals surface area contributed by atoms with Crippen LogP contribution < -0.4 is 4.74 Å². The van der Waals surface area contributed by atoms with Crippen molar-refractivity contribution in [1.29, 1.82) is 0 Å². The lowest BCUT2D eigenvalue weighted by molar-refractivity contribution is -0.390. The number of nitrogens with zero attached hydrogens (tertiary/aromatic N) is 2. The van der Waals surface area contributed by atoms with Crippen LogP contribution in [-0.4, -0.2) is 17.0 Å². The molecule has 1 heterocycles. The molecule has 0 aliphatic rings. The highest BCUT2D eigenvalue weighted by Crippen LogP contribution is 2.32. The van der Waals surface area contributed by atoms with Crippen LogP contribution in [0.3, 0.4) is 0 Å². The van der Waals surface area contributed by atoms with Crippen LogP contribution in [0.2, 0.25) is 0 Å². The van der Waals surface area contributed by atoms with E-state index in [1.165, 1.54) is 7.11 Å². The molecule has 0 fully saturated rings. The Morgan fingerprint density at radius 3 is 2.69 bits per heavy atom. The summed E-state index contributed by atoms with van der Waals surface area (Å²) in [6.45, 7) is 0. The van der Waals surface area contributed by atoms with Crippen molar-refractivity contribution >= 4 is 21.7 Å². The van der Waals surface area contributed by atoms with Crippen molar-refractivity contribution < 1.29 is 18.4 Å². The second kappa shape index (κ2) is 5.15. The first-order valence-electron chi connectivity index (χ1n) is 4.07. The van der Waals surface area contributed by atoms with Gasteiger partial charge in [0.25, 0.3) is 0 Å². The maximum atomic E-state index is 12.4. The van der Waals surface area contributed by atoms with Crippen LogP contribution in [0.15, 0.2) is 6.07 Å². The molecule has 1 aromatic rings. The zero-order valence-corrected chi connectivity index (χ0v) is 9.70. The van der Waals surface area contributed by atoms with Crippen LogP contribution in [0.5, 0.6) is 5.75 Å². The van der Waals surface area contributed by atoms with Gasteiger partial charge in [-0.3, -0.25) is 0 Å². The molecule has 8 heteroatoms. The number of nitro groups is 1. The molecule has 0 aromatic carbocycles. The molecule has 0 aliphatic heterocycles. The summed E-state index contributed by atoms with van der Waals surface area (Å²) in [4.78, 5) is 13.1. The fourth-order valence-corrected chi connectivity index (χ4v) is 1.65. The highest BCUT2D eigenvalue weighted by Gasteiger charge is 2.26. The first kappa shape index (κ1) is 12.8. The summed E-state index contributed by atoms with van der Waals surface area (Å²) in [6, 6.07) is 0.994. The van der Waals surface area contributed by atoms with Crippen LogP contribution in [0.4, 0.5) is 14.6 Å². The van der Waals surface area contributed by atoms with Gasteiger partial charge in [0.15, 0.2) is 0 Å². The predicted octanol–water partition coefficient (Wildman–Crippen LogP) is 2.83. The summed E-state index contributed by atoms with van der Waals surface area (Å²) in [5, 5.41) is 10.7. The SMILES string of the molecule is COc1cc(C(F)F)nc([N+](=O)[O-])c1CBr. The van der Waals surface area contributed by atoms with Gasteiger partial charge in [-0.1, -0.05) is 15.9 Å². The van der Waals surface area contributed by atoms with Gasteiger partial charge in [-0.15, -0.1) is 0 Å². The Balaban J connectivity index is 3.43. The highest BCUT2D eigenvalue weighted by atomic mass is 79.9. The number of rotatable bonds is 4. The Bertz CT molecular complexity index is 415. The normalized spacial score (nSPS) is 10.6. The number of alkyl halides is 3. The Labute approximate surface area is 97.7 Å². The van der Waals surface area contributed by atoms with E-state index in [9.17, 15) is 18.9 Å². The summed E-state index contributed by atoms with van der Waals surface area (Å²) in [7, 11) is 1.25. The number of hydrogen-bond donors (Lipinski definition) is 0. The van der Waals surface area contributed by atoms with Gasteiger partial charge in [0.2, 0.25) is 5.69 Å². The second-order valence-corrected chi connectivity index (χ2v) is 3.30. The average molecular weight is 297 g/mol. The molecule has 16 heavy (non-hydrogen) atoms. The molecule has 0 atom stereocenters. The molecule has 0 saturated heterocycles. The molecule has 0 aliphatic carbocycles. The van der Waals surface area contributed by atoms with Gasteiger partial charge < -0.3 is 14.9 Å². The van der Waals surface area contributed by atoms with Crippen LogP contribution in [0.1, 0.15) is 17.7 Å². The number of hydrogen-bond acceptors (Lipinski definition) is 4. The van der Waals surface area contributed by atoms with Gasteiger partial charge in [-0.2, -0.15) is 0 Å². The fraction of sp³-hybridized carbons (Fsp3) is 0.375. The number of methoxy groups -OCH3 is 1. The number of ether oxygens (including phenoxy) is 1. The van der Waals surface area contributed by atoms with Gasteiger partial charge in [0.1, 0.15) is 11.3 Å². The molecular formula is C8H7BrF2N2O3. The van der Waals surface area contributed by atoms with E-state index in [4.69, 9.17) is 4.74 Å². The highest BCUT2D eigenvalue weighted by molar-refractivity contribution is 9.08. The molecule has 5 nitrogen and oxygen atoms in total. The Morgan fingerprint density at radius 2 is 2.31 bits per heavy atom. The van der Waals surface area contributed by atoms with E-state index in [0.717, 1.165) is 6.07 Å². The van der Waals surface area contributed by atoms with Gasteiger partial charge in [-0.05, 0) is 9.91 Å². The molecule has 0 saturated carbocycles. The quantitative estimate of drug-likeness (QED) is 0.487. The topological polar surface area (TPSA) is 65.3 Å². The lowest BCUT2D eigenvalue weighted by Crippen LogP contribution is -2.03. The van der Waals surface area contributed by atoms with Crippen LogP contribution in [-0.2, 0) is 5.33 Å². The monoisotopic (exact) mass is 296 g/mol. The van der Waals surface area contributed by atoms with E-state index in [1.807, 2.05) is 0 Å². The minimum absolute atomic E-state index is 0.0221. The van der Waals surface area contributed by atoms with E-state index < -0.39 is 22.9 Å². The smallest absolute Gasteiger partial charge is 0.371 e. The summed E-state index contributed by atoms with van der Waals surface area (Å²) < 4.78 is 29.6. The van der Waals surface area contributed by atoms with Gasteiger partial charge in [0.05, 0.1) is 7.11 Å². The third-order valence-corrected chi connectivity index (χ3v) is 2.39. The molecule has 0 unspecified atom stereocenters. The first-order chi connectivity index (χ1) is 7.51. The zero-order valence-electron chi connectivity index (χ0n) is 8.11. The third kappa shape index (κ3) is 2.43. The summed E-state index contributed by atoms with van der Waals surface area (Å²) in [5.74, 6) is -0.597. The van der Waals surface area contributed by atoms with Gasteiger partial charge in [0, 0.05) is 11.4 Å². The number of halogens is 3. The molecule has 0 bridgehead atoms. The van der Waals surface area contributed by atoms with Crippen molar-refractivity contribution in [1.82, 2.24) is 4.98 Å². The van der Waals surface area contributed by atoms with E-state index in [2.05, 4.69) is 20.9 Å². The second-order valence-electron chi connectivity index (χ2n) is 2.74. The minimum Gasteiger partial charge on any atom is -0.496 e. The third-order valence-electron chi connectivity index (χ3n) is 1.83. The van der Waals surface area contributed by atoms with Crippen molar-refractivity contribution in [2.45, 2.75) is 11.8 Å². The molecule has 88 valence electrons. The van der Waals surface area contributed by atoms with E-state index >= 15 is 0 Å². The molecule has 0 N–H and O–H groups in total. The summed E-state index contributed by atoms with van der Waals surface area (Å²) in [6.07, 6.45) is -2.88. The number of pyridine rings is 1. The fourth-order valence-electron chi connectivity index (χ4n) is 1.12. The predicted molar refractivity (Wildman–Crippen MR) is 55.0 cm³/mol. The molecule has 1 aromatic heterocycles. The zero-order chi connectivity index (χ0) is 12.3. The van der Waals surface area contributed by atoms with Crippen LogP contribution in [0, 0.1) is 10.1 Å². The lowest BCUT2D eigenvalue weighted by atomic mass is 10.2. The van der Waals surface area contributed by atoms with Crippen LogP contribution >= 0.6 is 15.9 Å². The lowest BCUT2D eigenvalue weighted by Gasteiger charge is -2.07. The summed E-state index contributed by atoms with van der Waals surface area (Å²) in [5.41, 5.74) is -0.537. The molecular weight excluding hydrogens is 290 g/mol. The molecule has 0 amide bonds. The summed E-state index contributed by atoms with van der Waals surface area (Å²) >= 11 is 3.02. The van der Waals surface area contributed by atoms with Gasteiger partial charge >= 0.3 is 12.2 Å². The van der Waals surface area contributed by atoms with E-state index in [-0.39, 0.29) is 16.6 Å². The van der Waals surface area contributed by atoms with Crippen LogP contribution in [0.25, 0.3) is 0 Å². The van der Waals surface area contributed by atoms with E-state index in [1.54, 1.807) is 0 Å². The Hall–Kier alpha value is -1.31. The van der Waals surface area contributed by atoms with Crippen molar-refractivity contribution in [2.24, 2.45) is 0 Å². The molecule has 0 spiro atoms. The largest absolute Gasteiger partial charge is 0.496 e. The average Bonchev–Trinajstić information content (AvgIpc) is 2.26. The Morgan fingerprint density at radius 1 is 1.69 bits per heavy atom. The minimum atomic E-state index is -2.88. The van der Waals surface area contributed by atoms with Gasteiger partial charge in [-0.25, -0.2) is 8.78 Å². The first-order valence-corrected chi connectivity index (χ1v) is 5.19. The van der Waals surface area contributed by atoms with E-state index in [0.29, 0.717) is 0 Å². The van der Waals surface area contributed by atoms with Crippen molar-refractivity contribution in [3.05, 3.63) is 27.4 Å². The van der Waals surface area contributed by atoms with Crippen molar-refractivity contribution in [2.75, 3.05) is 7.11 Å². The molecule has 0 radical (unpaired) electrons. The maximum Gasteiger partial charge on any atom is 0.371 e. The van der Waals surface area contributed by atoms with Crippen molar-refractivity contribution in [3.8, 4) is 5.75 Å². The maximum absolute atomic E-state index is 12.4.